The van der Waals surface area contributed by atoms with Crippen molar-refractivity contribution in [1.29, 1.82) is 0 Å². The lowest BCUT2D eigenvalue weighted by molar-refractivity contribution is -0.142. The van der Waals surface area contributed by atoms with Crippen molar-refractivity contribution in [2.75, 3.05) is 13.7 Å². The van der Waals surface area contributed by atoms with E-state index in [1.807, 2.05) is 32.0 Å². The van der Waals surface area contributed by atoms with Crippen LogP contribution in [-0.2, 0) is 16.1 Å². The molecule has 0 fully saturated rings. The van der Waals surface area contributed by atoms with Gasteiger partial charge in [-0.3, -0.25) is 9.59 Å². The number of carbonyl (C=O) groups excluding carboxylic acids is 2. The molecule has 0 radical (unpaired) electrons. The number of benzene rings is 2. The monoisotopic (exact) mass is 422 g/mol. The van der Waals surface area contributed by atoms with Crippen LogP contribution in [0, 0.1) is 13.8 Å². The van der Waals surface area contributed by atoms with Crippen molar-refractivity contribution in [2.24, 2.45) is 0 Å². The Balaban J connectivity index is 2.24. The van der Waals surface area contributed by atoms with Crippen molar-refractivity contribution >= 4 is 35.0 Å². The van der Waals surface area contributed by atoms with Crippen molar-refractivity contribution in [3.63, 3.8) is 0 Å². The average molecular weight is 423 g/mol. The quantitative estimate of drug-likeness (QED) is 0.728. The predicted octanol–water partition coefficient (Wildman–Crippen LogP) is 4.15. The third-order valence-electron chi connectivity index (χ3n) is 4.50. The Hall–Kier alpha value is -2.24. The SMILES string of the molecule is CNC(=O)C(C)N(Cc1c(Cl)cccc1Cl)C(=O)COc1cc(C)ccc1C. The van der Waals surface area contributed by atoms with E-state index in [9.17, 15) is 9.59 Å². The molecular formula is C21H24Cl2N2O3. The molecular weight excluding hydrogens is 399 g/mol. The highest BCUT2D eigenvalue weighted by atomic mass is 35.5. The van der Waals surface area contributed by atoms with E-state index in [4.69, 9.17) is 27.9 Å². The van der Waals surface area contributed by atoms with E-state index in [2.05, 4.69) is 5.32 Å². The minimum Gasteiger partial charge on any atom is -0.483 e. The first-order valence-electron chi connectivity index (χ1n) is 8.88. The lowest BCUT2D eigenvalue weighted by atomic mass is 10.1. The summed E-state index contributed by atoms with van der Waals surface area (Å²) in [5.41, 5.74) is 2.55. The summed E-state index contributed by atoms with van der Waals surface area (Å²) < 4.78 is 5.73. The highest BCUT2D eigenvalue weighted by molar-refractivity contribution is 6.36. The lowest BCUT2D eigenvalue weighted by Gasteiger charge is -2.29. The molecule has 7 heteroatoms. The van der Waals surface area contributed by atoms with Crippen molar-refractivity contribution in [3.05, 3.63) is 63.1 Å². The van der Waals surface area contributed by atoms with Crippen molar-refractivity contribution in [2.45, 2.75) is 33.4 Å². The summed E-state index contributed by atoms with van der Waals surface area (Å²) in [6, 6.07) is 10.2. The van der Waals surface area contributed by atoms with E-state index >= 15 is 0 Å². The fraction of sp³-hybridized carbons (Fsp3) is 0.333. The van der Waals surface area contributed by atoms with Crippen LogP contribution in [0.2, 0.25) is 10.0 Å². The highest BCUT2D eigenvalue weighted by Crippen LogP contribution is 2.27. The van der Waals surface area contributed by atoms with Gasteiger partial charge in [0, 0.05) is 29.2 Å². The number of ether oxygens (including phenoxy) is 1. The Kier molecular flexibility index (Phi) is 7.72. The van der Waals surface area contributed by atoms with E-state index in [-0.39, 0.29) is 25.0 Å². The van der Waals surface area contributed by atoms with Crippen LogP contribution >= 0.6 is 23.2 Å². The second-order valence-electron chi connectivity index (χ2n) is 6.57. The van der Waals surface area contributed by atoms with Gasteiger partial charge < -0.3 is 15.0 Å². The van der Waals surface area contributed by atoms with Crippen LogP contribution in [0.1, 0.15) is 23.6 Å². The van der Waals surface area contributed by atoms with Gasteiger partial charge in [0.15, 0.2) is 6.61 Å². The third kappa shape index (κ3) is 5.40. The summed E-state index contributed by atoms with van der Waals surface area (Å²) in [7, 11) is 1.52. The molecule has 2 amide bonds. The van der Waals surface area contributed by atoms with E-state index < -0.39 is 6.04 Å². The van der Waals surface area contributed by atoms with Gasteiger partial charge in [0.2, 0.25) is 5.91 Å². The molecule has 2 rings (SSSR count). The number of hydrogen-bond acceptors (Lipinski definition) is 3. The topological polar surface area (TPSA) is 58.6 Å². The fourth-order valence-corrected chi connectivity index (χ4v) is 3.25. The number of rotatable bonds is 7. The van der Waals surface area contributed by atoms with Crippen LogP contribution in [0.4, 0.5) is 0 Å². The molecule has 0 aromatic heterocycles. The van der Waals surface area contributed by atoms with Crippen LogP contribution in [0.5, 0.6) is 5.75 Å². The van der Waals surface area contributed by atoms with Gasteiger partial charge in [-0.05, 0) is 50.1 Å². The molecule has 0 saturated carbocycles. The molecule has 2 aromatic rings. The summed E-state index contributed by atoms with van der Waals surface area (Å²) in [6.45, 7) is 5.41. The second-order valence-corrected chi connectivity index (χ2v) is 7.38. The highest BCUT2D eigenvalue weighted by Gasteiger charge is 2.27. The Labute approximate surface area is 175 Å². The molecule has 0 aliphatic carbocycles. The lowest BCUT2D eigenvalue weighted by Crippen LogP contribution is -2.48. The maximum absolute atomic E-state index is 12.9. The van der Waals surface area contributed by atoms with Gasteiger partial charge in [0.05, 0.1) is 0 Å². The number of aryl methyl sites for hydroxylation is 2. The molecule has 0 aliphatic heterocycles. The van der Waals surface area contributed by atoms with Crippen molar-refractivity contribution in [3.8, 4) is 5.75 Å². The first kappa shape index (κ1) is 22.1. The summed E-state index contributed by atoms with van der Waals surface area (Å²) >= 11 is 12.5. The zero-order valence-electron chi connectivity index (χ0n) is 16.4. The number of hydrogen-bond donors (Lipinski definition) is 1. The zero-order valence-corrected chi connectivity index (χ0v) is 17.9. The summed E-state index contributed by atoms with van der Waals surface area (Å²) in [6.07, 6.45) is 0. The van der Waals surface area contributed by atoms with E-state index in [0.29, 0.717) is 21.4 Å². The normalized spacial score (nSPS) is 11.6. The summed E-state index contributed by atoms with van der Waals surface area (Å²) in [5.74, 6) is 0.00734. The summed E-state index contributed by atoms with van der Waals surface area (Å²) in [5, 5.41) is 3.44. The van der Waals surface area contributed by atoms with Crippen LogP contribution in [0.15, 0.2) is 36.4 Å². The van der Waals surface area contributed by atoms with E-state index in [1.165, 1.54) is 11.9 Å². The zero-order chi connectivity index (χ0) is 20.8. The number of nitrogens with zero attached hydrogens (tertiary/aromatic N) is 1. The average Bonchev–Trinajstić information content (AvgIpc) is 2.67. The smallest absolute Gasteiger partial charge is 0.261 e. The molecule has 0 saturated heterocycles. The number of carbonyl (C=O) groups is 2. The van der Waals surface area contributed by atoms with Gasteiger partial charge in [-0.25, -0.2) is 0 Å². The molecule has 28 heavy (non-hydrogen) atoms. The third-order valence-corrected chi connectivity index (χ3v) is 5.21. The molecule has 1 unspecified atom stereocenters. The molecule has 1 N–H and O–H groups in total. The molecule has 150 valence electrons. The van der Waals surface area contributed by atoms with E-state index in [0.717, 1.165) is 11.1 Å². The Morgan fingerprint density at radius 1 is 1.14 bits per heavy atom. The largest absolute Gasteiger partial charge is 0.483 e. The van der Waals surface area contributed by atoms with Crippen LogP contribution in [0.25, 0.3) is 0 Å². The Bertz CT molecular complexity index is 850. The number of amides is 2. The van der Waals surface area contributed by atoms with Crippen molar-refractivity contribution in [1.82, 2.24) is 10.2 Å². The molecule has 0 heterocycles. The molecule has 0 bridgehead atoms. The predicted molar refractivity (Wildman–Crippen MR) is 112 cm³/mol. The Morgan fingerprint density at radius 3 is 2.39 bits per heavy atom. The van der Waals surface area contributed by atoms with Gasteiger partial charge in [-0.2, -0.15) is 0 Å². The van der Waals surface area contributed by atoms with Crippen LogP contribution < -0.4 is 10.1 Å². The number of halogens is 2. The molecule has 0 spiro atoms. The van der Waals surface area contributed by atoms with Gasteiger partial charge in [0.1, 0.15) is 11.8 Å². The van der Waals surface area contributed by atoms with Crippen LogP contribution in [-0.4, -0.2) is 36.4 Å². The first-order chi connectivity index (χ1) is 13.2. The van der Waals surface area contributed by atoms with Gasteiger partial charge in [-0.1, -0.05) is 41.4 Å². The van der Waals surface area contributed by atoms with E-state index in [1.54, 1.807) is 25.1 Å². The van der Waals surface area contributed by atoms with Gasteiger partial charge in [0.25, 0.3) is 5.91 Å². The van der Waals surface area contributed by atoms with Gasteiger partial charge >= 0.3 is 0 Å². The van der Waals surface area contributed by atoms with Crippen LogP contribution in [0.3, 0.4) is 0 Å². The molecule has 2 aromatic carbocycles. The first-order valence-corrected chi connectivity index (χ1v) is 9.64. The standard InChI is InChI=1S/C21H24Cl2N2O3/c1-13-8-9-14(2)19(10-13)28-12-20(26)25(15(3)21(27)24-4)11-16-17(22)6-5-7-18(16)23/h5-10,15H,11-12H2,1-4H3,(H,24,27). The second kappa shape index (κ2) is 9.80. The maximum atomic E-state index is 12.9. The fourth-order valence-electron chi connectivity index (χ4n) is 2.73. The maximum Gasteiger partial charge on any atom is 0.261 e. The number of likely N-dealkylation sites (N-methyl/N-ethyl adjacent to an activating group) is 1. The summed E-state index contributed by atoms with van der Waals surface area (Å²) in [4.78, 5) is 26.5. The number of nitrogens with one attached hydrogen (secondary N) is 1. The molecule has 5 nitrogen and oxygen atoms in total. The van der Waals surface area contributed by atoms with Gasteiger partial charge in [-0.15, -0.1) is 0 Å². The van der Waals surface area contributed by atoms with Crippen molar-refractivity contribution < 1.29 is 14.3 Å². The molecule has 1 atom stereocenters. The molecule has 0 aliphatic rings. The minimum absolute atomic E-state index is 0.0993. The minimum atomic E-state index is -0.716. The Morgan fingerprint density at radius 2 is 1.79 bits per heavy atom.